The molecule has 2 aromatic heterocycles. The maximum atomic E-state index is 5.59. The van der Waals surface area contributed by atoms with E-state index in [1.807, 2.05) is 25.1 Å². The lowest BCUT2D eigenvalue weighted by Crippen LogP contribution is -2.16. The number of thiophene rings is 1. The summed E-state index contributed by atoms with van der Waals surface area (Å²) in [7, 11) is 2.08. The molecule has 3 nitrogen and oxygen atoms in total. The Balaban J connectivity index is 1.99. The predicted molar refractivity (Wildman–Crippen MR) is 78.9 cm³/mol. The quantitative estimate of drug-likeness (QED) is 0.871. The van der Waals surface area contributed by atoms with Crippen LogP contribution in [0.3, 0.4) is 0 Å². The van der Waals surface area contributed by atoms with Crippen molar-refractivity contribution in [3.63, 3.8) is 0 Å². The molecule has 2 heterocycles. The highest BCUT2D eigenvalue weighted by Gasteiger charge is 2.08. The van der Waals surface area contributed by atoms with Crippen LogP contribution in [-0.4, -0.2) is 18.5 Å². The molecular weight excluding hydrogens is 256 g/mol. The van der Waals surface area contributed by atoms with E-state index in [2.05, 4.69) is 29.2 Å². The van der Waals surface area contributed by atoms with Gasteiger partial charge >= 0.3 is 0 Å². The Morgan fingerprint density at radius 1 is 1.32 bits per heavy atom. The largest absolute Gasteiger partial charge is 0.465 e. The van der Waals surface area contributed by atoms with Crippen LogP contribution in [0, 0.1) is 18.8 Å². The van der Waals surface area contributed by atoms with Crippen molar-refractivity contribution in [2.75, 3.05) is 13.6 Å². The molecule has 0 spiro atoms. The fraction of sp³-hybridized carbons (Fsp3) is 0.333. The molecule has 0 aromatic carbocycles. The van der Waals surface area contributed by atoms with E-state index < -0.39 is 0 Å². The fourth-order valence-electron chi connectivity index (χ4n) is 1.86. The first-order valence-electron chi connectivity index (χ1n) is 6.18. The van der Waals surface area contributed by atoms with E-state index in [9.17, 15) is 0 Å². The molecule has 0 aliphatic rings. The normalized spacial score (nSPS) is 10.5. The highest BCUT2D eigenvalue weighted by Crippen LogP contribution is 2.19. The molecule has 0 saturated heterocycles. The summed E-state index contributed by atoms with van der Waals surface area (Å²) in [6, 6.07) is 6.06. The lowest BCUT2D eigenvalue weighted by Gasteiger charge is -2.14. The fourth-order valence-corrected chi connectivity index (χ4v) is 2.77. The first kappa shape index (κ1) is 13.9. The van der Waals surface area contributed by atoms with Gasteiger partial charge in [-0.25, -0.2) is 0 Å². The van der Waals surface area contributed by atoms with Crippen LogP contribution < -0.4 is 5.73 Å². The summed E-state index contributed by atoms with van der Waals surface area (Å²) in [6.07, 6.45) is 0. The maximum absolute atomic E-state index is 5.59. The molecule has 2 aromatic rings. The number of hydrogen-bond donors (Lipinski definition) is 1. The van der Waals surface area contributed by atoms with E-state index in [-0.39, 0.29) is 0 Å². The molecule has 0 aliphatic heterocycles. The Kier molecular flexibility index (Phi) is 4.80. The van der Waals surface area contributed by atoms with E-state index >= 15 is 0 Å². The van der Waals surface area contributed by atoms with Crippen molar-refractivity contribution in [3.8, 4) is 11.8 Å². The van der Waals surface area contributed by atoms with Crippen molar-refractivity contribution < 1.29 is 4.42 Å². The molecule has 100 valence electrons. The van der Waals surface area contributed by atoms with Gasteiger partial charge in [-0.05, 0) is 37.6 Å². The van der Waals surface area contributed by atoms with Gasteiger partial charge in [-0.15, -0.1) is 11.3 Å². The second-order valence-corrected chi connectivity index (χ2v) is 5.45. The maximum Gasteiger partial charge on any atom is 0.118 e. The minimum Gasteiger partial charge on any atom is -0.465 e. The second kappa shape index (κ2) is 6.58. The zero-order valence-electron chi connectivity index (χ0n) is 11.3. The van der Waals surface area contributed by atoms with Crippen molar-refractivity contribution in [2.45, 2.75) is 20.0 Å². The average molecular weight is 274 g/mol. The Labute approximate surface area is 118 Å². The van der Waals surface area contributed by atoms with Crippen molar-refractivity contribution in [2.24, 2.45) is 5.73 Å². The third-order valence-corrected chi connectivity index (χ3v) is 3.61. The van der Waals surface area contributed by atoms with E-state index in [0.29, 0.717) is 6.54 Å². The van der Waals surface area contributed by atoms with Crippen molar-refractivity contribution in [3.05, 3.63) is 45.5 Å². The van der Waals surface area contributed by atoms with Crippen molar-refractivity contribution >= 4 is 11.3 Å². The van der Waals surface area contributed by atoms with Crippen LogP contribution in [-0.2, 0) is 13.1 Å². The Morgan fingerprint density at radius 2 is 2.16 bits per heavy atom. The van der Waals surface area contributed by atoms with Crippen molar-refractivity contribution in [1.29, 1.82) is 0 Å². The van der Waals surface area contributed by atoms with Crippen LogP contribution in [0.4, 0.5) is 0 Å². The SMILES string of the molecule is Cc1ccc(CN(C)Cc2sccc2C#CCN)o1. The standard InChI is InChI=1S/C15H18N2OS/c1-12-5-6-14(18-12)10-17(2)11-15-13(4-3-8-16)7-9-19-15/h5-7,9H,8,10-11,16H2,1-2H3. The molecule has 4 heteroatoms. The zero-order chi connectivity index (χ0) is 13.7. The average Bonchev–Trinajstić information content (AvgIpc) is 2.96. The van der Waals surface area contributed by atoms with Crippen LogP contribution in [0.1, 0.15) is 22.0 Å². The number of aryl methyl sites for hydroxylation is 1. The van der Waals surface area contributed by atoms with Gasteiger partial charge in [0.1, 0.15) is 11.5 Å². The molecular formula is C15H18N2OS. The summed E-state index contributed by atoms with van der Waals surface area (Å²) in [5.41, 5.74) is 6.49. The van der Waals surface area contributed by atoms with Gasteiger partial charge in [-0.2, -0.15) is 0 Å². The van der Waals surface area contributed by atoms with E-state index in [1.165, 1.54) is 4.88 Å². The summed E-state index contributed by atoms with van der Waals surface area (Å²) in [6.45, 7) is 4.03. The van der Waals surface area contributed by atoms with Crippen LogP contribution in [0.15, 0.2) is 28.0 Å². The second-order valence-electron chi connectivity index (χ2n) is 4.45. The smallest absolute Gasteiger partial charge is 0.118 e. The van der Waals surface area contributed by atoms with E-state index in [1.54, 1.807) is 11.3 Å². The molecule has 2 rings (SSSR count). The Morgan fingerprint density at radius 3 is 2.84 bits per heavy atom. The molecule has 0 amide bonds. The van der Waals surface area contributed by atoms with Gasteiger partial charge in [0.25, 0.3) is 0 Å². The van der Waals surface area contributed by atoms with Gasteiger partial charge in [0, 0.05) is 17.0 Å². The van der Waals surface area contributed by atoms with Crippen LogP contribution in [0.5, 0.6) is 0 Å². The van der Waals surface area contributed by atoms with Gasteiger partial charge in [-0.1, -0.05) is 11.8 Å². The molecule has 2 N–H and O–H groups in total. The third kappa shape index (κ3) is 3.97. The Bertz CT molecular complexity index is 589. The summed E-state index contributed by atoms with van der Waals surface area (Å²) in [5.74, 6) is 7.96. The molecule has 0 unspecified atom stereocenters. The summed E-state index contributed by atoms with van der Waals surface area (Å²) in [4.78, 5) is 3.49. The minimum absolute atomic E-state index is 0.400. The van der Waals surface area contributed by atoms with Gasteiger partial charge in [0.2, 0.25) is 0 Å². The number of nitrogens with two attached hydrogens (primary N) is 1. The van der Waals surface area contributed by atoms with Crippen LogP contribution in [0.25, 0.3) is 0 Å². The monoisotopic (exact) mass is 274 g/mol. The van der Waals surface area contributed by atoms with Gasteiger partial charge in [0.15, 0.2) is 0 Å². The highest BCUT2D eigenvalue weighted by atomic mass is 32.1. The summed E-state index contributed by atoms with van der Waals surface area (Å²) in [5, 5.41) is 2.07. The summed E-state index contributed by atoms with van der Waals surface area (Å²) >= 11 is 1.73. The molecule has 19 heavy (non-hydrogen) atoms. The molecule has 0 bridgehead atoms. The first-order valence-corrected chi connectivity index (χ1v) is 7.06. The van der Waals surface area contributed by atoms with Crippen molar-refractivity contribution in [1.82, 2.24) is 4.90 Å². The lowest BCUT2D eigenvalue weighted by atomic mass is 10.2. The topological polar surface area (TPSA) is 42.4 Å². The molecule has 0 saturated carbocycles. The molecule has 0 fully saturated rings. The highest BCUT2D eigenvalue weighted by molar-refractivity contribution is 7.10. The number of nitrogens with zero attached hydrogens (tertiary/aromatic N) is 1. The number of furan rings is 1. The van der Waals surface area contributed by atoms with E-state index in [0.717, 1.165) is 30.2 Å². The third-order valence-electron chi connectivity index (χ3n) is 2.71. The van der Waals surface area contributed by atoms with Gasteiger partial charge in [-0.3, -0.25) is 4.90 Å². The number of hydrogen-bond acceptors (Lipinski definition) is 4. The van der Waals surface area contributed by atoms with Gasteiger partial charge < -0.3 is 10.2 Å². The van der Waals surface area contributed by atoms with Crippen LogP contribution >= 0.6 is 11.3 Å². The first-order chi connectivity index (χ1) is 9.19. The summed E-state index contributed by atoms with van der Waals surface area (Å²) < 4.78 is 5.59. The minimum atomic E-state index is 0.400. The lowest BCUT2D eigenvalue weighted by molar-refractivity contribution is 0.287. The number of rotatable bonds is 4. The zero-order valence-corrected chi connectivity index (χ0v) is 12.1. The van der Waals surface area contributed by atoms with Gasteiger partial charge in [0.05, 0.1) is 13.1 Å². The van der Waals surface area contributed by atoms with Crippen LogP contribution in [0.2, 0.25) is 0 Å². The predicted octanol–water partition coefficient (Wildman–Crippen LogP) is 2.59. The Hall–Kier alpha value is -1.54. The molecule has 0 atom stereocenters. The van der Waals surface area contributed by atoms with E-state index in [4.69, 9.17) is 10.2 Å². The molecule has 0 radical (unpaired) electrons. The molecule has 0 aliphatic carbocycles.